The molecule has 0 aliphatic carbocycles. The highest BCUT2D eigenvalue weighted by atomic mass is 16.2. The average Bonchev–Trinajstić information content (AvgIpc) is 2.65. The number of benzene rings is 1. The van der Waals surface area contributed by atoms with Crippen LogP contribution >= 0.6 is 0 Å². The number of carbonyl (C=O) groups is 1. The zero-order valence-electron chi connectivity index (χ0n) is 14.8. The van der Waals surface area contributed by atoms with E-state index in [9.17, 15) is 14.4 Å². The lowest BCUT2D eigenvalue weighted by Gasteiger charge is -2.27. The predicted molar refractivity (Wildman–Crippen MR) is 101 cm³/mol. The van der Waals surface area contributed by atoms with E-state index in [0.29, 0.717) is 12.1 Å². The number of fused-ring (bicyclic) bond motifs is 2. The quantitative estimate of drug-likeness (QED) is 0.540. The first kappa shape index (κ1) is 17.2. The molecule has 0 saturated heterocycles. The van der Waals surface area contributed by atoms with Crippen molar-refractivity contribution >= 4 is 16.9 Å². The van der Waals surface area contributed by atoms with Crippen LogP contribution in [0.5, 0.6) is 0 Å². The third-order valence-electron chi connectivity index (χ3n) is 4.82. The Morgan fingerprint density at radius 1 is 1.26 bits per heavy atom. The number of aryl methyl sites for hydroxylation is 1. The van der Waals surface area contributed by atoms with Gasteiger partial charge in [0.25, 0.3) is 11.5 Å². The summed E-state index contributed by atoms with van der Waals surface area (Å²) in [5.41, 5.74) is 2.13. The van der Waals surface area contributed by atoms with E-state index >= 15 is 0 Å². The summed E-state index contributed by atoms with van der Waals surface area (Å²) >= 11 is 0. The van der Waals surface area contributed by atoms with Gasteiger partial charge in [-0.25, -0.2) is 9.78 Å². The van der Waals surface area contributed by atoms with E-state index in [1.54, 1.807) is 13.0 Å². The van der Waals surface area contributed by atoms with Gasteiger partial charge >= 0.3 is 5.69 Å². The van der Waals surface area contributed by atoms with E-state index in [0.717, 1.165) is 13.0 Å². The van der Waals surface area contributed by atoms with Gasteiger partial charge in [-0.3, -0.25) is 19.6 Å². The third-order valence-corrected chi connectivity index (χ3v) is 4.82. The fourth-order valence-electron chi connectivity index (χ4n) is 3.53. The van der Waals surface area contributed by atoms with Crippen LogP contribution in [0.1, 0.15) is 33.2 Å². The maximum Gasteiger partial charge on any atom is 0.327 e. The highest BCUT2D eigenvalue weighted by Gasteiger charge is 2.20. The average molecular weight is 365 g/mol. The van der Waals surface area contributed by atoms with Gasteiger partial charge in [-0.05, 0) is 42.6 Å². The van der Waals surface area contributed by atoms with Crippen molar-refractivity contribution in [3.8, 4) is 0 Å². The van der Waals surface area contributed by atoms with Gasteiger partial charge in [-0.1, -0.05) is 24.3 Å². The molecule has 1 unspecified atom stereocenters. The molecule has 0 radical (unpaired) electrons. The molecule has 0 bridgehead atoms. The van der Waals surface area contributed by atoms with Crippen molar-refractivity contribution in [3.05, 3.63) is 73.6 Å². The van der Waals surface area contributed by atoms with Crippen LogP contribution < -0.4 is 21.9 Å². The molecule has 1 aliphatic rings. The second-order valence-corrected chi connectivity index (χ2v) is 6.62. The summed E-state index contributed by atoms with van der Waals surface area (Å²) in [6.07, 6.45) is 0.966. The Bertz CT molecular complexity index is 1150. The van der Waals surface area contributed by atoms with Crippen LogP contribution in [-0.4, -0.2) is 33.9 Å². The SMILES string of the molecule is Cc1cc(C(=O)NCC2NCCc3ccccc32)nc2[nH]c(=O)[nH]c(=O)c12. The number of rotatable bonds is 3. The standard InChI is InChI=1S/C19H19N5O3/c1-10-8-13(22-16-15(10)18(26)24-19(27)23-16)17(25)21-9-14-12-5-3-2-4-11(12)6-7-20-14/h2-5,8,14,20H,6-7,9H2,1H3,(H,21,25)(H2,22,23,24,26,27). The second kappa shape index (κ2) is 6.81. The van der Waals surface area contributed by atoms with Crippen molar-refractivity contribution in [2.24, 2.45) is 0 Å². The molecule has 1 aromatic carbocycles. The Morgan fingerprint density at radius 3 is 2.93 bits per heavy atom. The molecule has 138 valence electrons. The summed E-state index contributed by atoms with van der Waals surface area (Å²) < 4.78 is 0. The van der Waals surface area contributed by atoms with Crippen LogP contribution in [-0.2, 0) is 6.42 Å². The van der Waals surface area contributed by atoms with Gasteiger partial charge in [0, 0.05) is 12.6 Å². The van der Waals surface area contributed by atoms with E-state index in [1.165, 1.54) is 11.1 Å². The predicted octanol–water partition coefficient (Wildman–Crippen LogP) is 0.537. The Morgan fingerprint density at radius 2 is 2.07 bits per heavy atom. The normalized spacial score (nSPS) is 16.1. The van der Waals surface area contributed by atoms with Gasteiger partial charge in [0.2, 0.25) is 0 Å². The van der Waals surface area contributed by atoms with E-state index < -0.39 is 11.2 Å². The Kier molecular flexibility index (Phi) is 4.33. The second-order valence-electron chi connectivity index (χ2n) is 6.62. The number of aromatic nitrogens is 3. The zero-order valence-corrected chi connectivity index (χ0v) is 14.8. The lowest BCUT2D eigenvalue weighted by Crippen LogP contribution is -2.39. The molecule has 3 heterocycles. The summed E-state index contributed by atoms with van der Waals surface area (Å²) in [4.78, 5) is 44.8. The Hall–Kier alpha value is -3.26. The first-order valence-electron chi connectivity index (χ1n) is 8.76. The molecule has 1 atom stereocenters. The van der Waals surface area contributed by atoms with Crippen molar-refractivity contribution in [3.63, 3.8) is 0 Å². The number of hydrogen-bond acceptors (Lipinski definition) is 5. The van der Waals surface area contributed by atoms with Gasteiger partial charge in [-0.2, -0.15) is 0 Å². The number of amides is 1. The highest BCUT2D eigenvalue weighted by Crippen LogP contribution is 2.22. The largest absolute Gasteiger partial charge is 0.349 e. The molecule has 3 aromatic rings. The highest BCUT2D eigenvalue weighted by molar-refractivity contribution is 5.95. The van der Waals surface area contributed by atoms with Crippen LogP contribution in [0.15, 0.2) is 39.9 Å². The smallest absolute Gasteiger partial charge is 0.327 e. The molecule has 27 heavy (non-hydrogen) atoms. The lowest BCUT2D eigenvalue weighted by molar-refractivity contribution is 0.0944. The van der Waals surface area contributed by atoms with Crippen molar-refractivity contribution in [2.75, 3.05) is 13.1 Å². The van der Waals surface area contributed by atoms with E-state index in [-0.39, 0.29) is 28.7 Å². The molecule has 0 fully saturated rings. The summed E-state index contributed by atoms with van der Waals surface area (Å²) in [6.45, 7) is 2.97. The lowest BCUT2D eigenvalue weighted by atomic mass is 9.94. The van der Waals surface area contributed by atoms with Gasteiger partial charge in [0.05, 0.1) is 5.39 Å². The van der Waals surface area contributed by atoms with E-state index in [2.05, 4.69) is 37.7 Å². The van der Waals surface area contributed by atoms with Crippen LogP contribution in [0.25, 0.3) is 11.0 Å². The number of hydrogen-bond donors (Lipinski definition) is 4. The maximum atomic E-state index is 12.6. The molecule has 8 nitrogen and oxygen atoms in total. The molecular weight excluding hydrogens is 346 g/mol. The molecule has 0 saturated carbocycles. The molecular formula is C19H19N5O3. The minimum absolute atomic E-state index is 0.0307. The van der Waals surface area contributed by atoms with Crippen molar-refractivity contribution < 1.29 is 4.79 Å². The Balaban J connectivity index is 1.58. The number of nitrogens with zero attached hydrogens (tertiary/aromatic N) is 1. The van der Waals surface area contributed by atoms with Crippen molar-refractivity contribution in [1.29, 1.82) is 0 Å². The summed E-state index contributed by atoms with van der Waals surface area (Å²) in [5.74, 6) is -0.356. The van der Waals surface area contributed by atoms with Gasteiger partial charge in [0.15, 0.2) is 0 Å². The Labute approximate surface area is 154 Å². The van der Waals surface area contributed by atoms with E-state index in [4.69, 9.17) is 0 Å². The van der Waals surface area contributed by atoms with Crippen molar-refractivity contribution in [1.82, 2.24) is 25.6 Å². The van der Waals surface area contributed by atoms with Crippen LogP contribution in [0.3, 0.4) is 0 Å². The summed E-state index contributed by atoms with van der Waals surface area (Å²) in [7, 11) is 0. The van der Waals surface area contributed by atoms with Crippen LogP contribution in [0.2, 0.25) is 0 Å². The first-order valence-corrected chi connectivity index (χ1v) is 8.76. The first-order chi connectivity index (χ1) is 13.0. The zero-order chi connectivity index (χ0) is 19.0. The maximum absolute atomic E-state index is 12.6. The van der Waals surface area contributed by atoms with Gasteiger partial charge in [-0.15, -0.1) is 0 Å². The third kappa shape index (κ3) is 3.26. The molecule has 4 rings (SSSR count). The molecule has 8 heteroatoms. The minimum Gasteiger partial charge on any atom is -0.349 e. The number of nitrogens with one attached hydrogen (secondary N) is 4. The summed E-state index contributed by atoms with van der Waals surface area (Å²) in [6, 6.07) is 9.75. The minimum atomic E-state index is -0.653. The van der Waals surface area contributed by atoms with Crippen molar-refractivity contribution in [2.45, 2.75) is 19.4 Å². The van der Waals surface area contributed by atoms with E-state index in [1.807, 2.05) is 12.1 Å². The van der Waals surface area contributed by atoms with Crippen LogP contribution in [0, 0.1) is 6.92 Å². The fraction of sp³-hybridized carbons (Fsp3) is 0.263. The number of pyridine rings is 1. The molecule has 2 aromatic heterocycles. The monoisotopic (exact) mass is 365 g/mol. The topological polar surface area (TPSA) is 120 Å². The van der Waals surface area contributed by atoms with Gasteiger partial charge < -0.3 is 10.6 Å². The summed E-state index contributed by atoms with van der Waals surface area (Å²) in [5, 5.41) is 6.57. The van der Waals surface area contributed by atoms with Gasteiger partial charge in [0.1, 0.15) is 11.3 Å². The molecule has 1 amide bonds. The molecule has 0 spiro atoms. The number of carbonyl (C=O) groups excluding carboxylic acids is 1. The number of aromatic amines is 2. The molecule has 1 aliphatic heterocycles. The molecule has 4 N–H and O–H groups in total. The fourth-order valence-corrected chi connectivity index (χ4v) is 3.53. The van der Waals surface area contributed by atoms with Crippen LogP contribution in [0.4, 0.5) is 0 Å². The number of H-pyrrole nitrogens is 2.